The van der Waals surface area contributed by atoms with Crippen LogP contribution in [0.1, 0.15) is 17.9 Å². The molecule has 1 fully saturated rings. The summed E-state index contributed by atoms with van der Waals surface area (Å²) >= 11 is 0. The Balaban J connectivity index is 1.95. The van der Waals surface area contributed by atoms with Crippen molar-refractivity contribution in [2.75, 3.05) is 13.6 Å². The topological polar surface area (TPSA) is 21.3 Å². The lowest BCUT2D eigenvalue weighted by Crippen LogP contribution is -2.17. The fourth-order valence-electron chi connectivity index (χ4n) is 2.06. The first-order valence-corrected chi connectivity index (χ1v) is 5.50. The number of hydrogen-bond donors (Lipinski definition) is 1. The molecule has 0 unspecified atom stereocenters. The molecule has 5 heteroatoms. The number of benzene rings is 1. The van der Waals surface area contributed by atoms with Gasteiger partial charge in [0, 0.05) is 0 Å². The van der Waals surface area contributed by atoms with Crippen molar-refractivity contribution in [2.45, 2.75) is 18.7 Å². The van der Waals surface area contributed by atoms with Crippen LogP contribution in [0, 0.1) is 5.92 Å². The maximum atomic E-state index is 11.9. The summed E-state index contributed by atoms with van der Waals surface area (Å²) in [6.45, 7) is 0.950. The van der Waals surface area contributed by atoms with Crippen LogP contribution in [-0.2, 0) is 0 Å². The summed E-state index contributed by atoms with van der Waals surface area (Å²) in [7, 11) is 1.90. The monoisotopic (exact) mass is 245 g/mol. The van der Waals surface area contributed by atoms with Crippen molar-refractivity contribution in [2.24, 2.45) is 5.92 Å². The molecular weight excluding hydrogens is 231 g/mol. The Kier molecular flexibility index (Phi) is 3.28. The number of nitrogens with one attached hydrogen (secondary N) is 1. The first kappa shape index (κ1) is 12.2. The van der Waals surface area contributed by atoms with Crippen LogP contribution in [0.2, 0.25) is 0 Å². The molecule has 0 spiro atoms. The van der Waals surface area contributed by atoms with Gasteiger partial charge < -0.3 is 10.1 Å². The Bertz CT molecular complexity index is 374. The van der Waals surface area contributed by atoms with Gasteiger partial charge in [0.15, 0.2) is 0 Å². The Morgan fingerprint density at radius 2 is 1.94 bits per heavy atom. The summed E-state index contributed by atoms with van der Waals surface area (Å²) in [6, 6.07) is 6.16. The minimum absolute atomic E-state index is 0.160. The largest absolute Gasteiger partial charge is 0.573 e. The summed E-state index contributed by atoms with van der Waals surface area (Å²) in [5, 5.41) is 3.10. The van der Waals surface area contributed by atoms with Crippen molar-refractivity contribution in [3.63, 3.8) is 0 Å². The van der Waals surface area contributed by atoms with Gasteiger partial charge >= 0.3 is 6.36 Å². The summed E-state index contributed by atoms with van der Waals surface area (Å²) in [5.41, 5.74) is 1.08. The lowest BCUT2D eigenvalue weighted by Gasteiger charge is -2.09. The molecule has 94 valence electrons. The van der Waals surface area contributed by atoms with Gasteiger partial charge in [-0.2, -0.15) is 0 Å². The van der Waals surface area contributed by atoms with Crippen molar-refractivity contribution in [1.82, 2.24) is 5.32 Å². The standard InChI is InChI=1S/C12H14F3NO/c1-16-7-9-6-11(9)8-2-4-10(5-3-8)17-12(13,14)15/h2-5,9,11,16H,6-7H2,1H3/t9-,11-/m1/s1. The Labute approximate surface area is 97.8 Å². The second-order valence-electron chi connectivity index (χ2n) is 4.28. The zero-order chi connectivity index (χ0) is 12.5. The predicted molar refractivity (Wildman–Crippen MR) is 57.9 cm³/mol. The van der Waals surface area contributed by atoms with Crippen LogP contribution in [0.3, 0.4) is 0 Å². The molecule has 0 aromatic heterocycles. The molecule has 0 aliphatic heterocycles. The lowest BCUT2D eigenvalue weighted by atomic mass is 10.1. The third-order valence-electron chi connectivity index (χ3n) is 2.93. The van der Waals surface area contributed by atoms with E-state index >= 15 is 0 Å². The molecule has 2 nitrogen and oxygen atoms in total. The van der Waals surface area contributed by atoms with Crippen molar-refractivity contribution >= 4 is 0 Å². The van der Waals surface area contributed by atoms with E-state index in [1.54, 1.807) is 12.1 Å². The zero-order valence-electron chi connectivity index (χ0n) is 9.42. The Hall–Kier alpha value is -1.23. The van der Waals surface area contributed by atoms with Gasteiger partial charge in [0.2, 0.25) is 0 Å². The predicted octanol–water partition coefficient (Wildman–Crippen LogP) is 2.91. The molecule has 1 aromatic carbocycles. The van der Waals surface area contributed by atoms with E-state index in [1.165, 1.54) is 12.1 Å². The Morgan fingerprint density at radius 3 is 2.47 bits per heavy atom. The number of hydrogen-bond acceptors (Lipinski definition) is 2. The van der Waals surface area contributed by atoms with Crippen LogP contribution in [0.25, 0.3) is 0 Å². The fraction of sp³-hybridized carbons (Fsp3) is 0.500. The molecular formula is C12H14F3NO. The molecule has 17 heavy (non-hydrogen) atoms. The highest BCUT2D eigenvalue weighted by molar-refractivity contribution is 5.32. The first-order valence-electron chi connectivity index (χ1n) is 5.50. The average molecular weight is 245 g/mol. The van der Waals surface area contributed by atoms with Crippen LogP contribution in [0.5, 0.6) is 5.75 Å². The molecule has 0 saturated heterocycles. The number of rotatable bonds is 4. The molecule has 1 aliphatic rings. The van der Waals surface area contributed by atoms with E-state index in [-0.39, 0.29) is 5.75 Å². The number of alkyl halides is 3. The van der Waals surface area contributed by atoms with Crippen LogP contribution in [-0.4, -0.2) is 20.0 Å². The fourth-order valence-corrected chi connectivity index (χ4v) is 2.06. The molecule has 1 aliphatic carbocycles. The van der Waals surface area contributed by atoms with Gasteiger partial charge in [-0.25, -0.2) is 0 Å². The lowest BCUT2D eigenvalue weighted by molar-refractivity contribution is -0.274. The summed E-state index contributed by atoms with van der Waals surface area (Å²) in [5.74, 6) is 0.920. The molecule has 2 atom stereocenters. The minimum atomic E-state index is -4.62. The van der Waals surface area contributed by atoms with Gasteiger partial charge in [-0.3, -0.25) is 0 Å². The van der Waals surface area contributed by atoms with Crippen LogP contribution < -0.4 is 10.1 Å². The van der Waals surface area contributed by atoms with E-state index in [9.17, 15) is 13.2 Å². The summed E-state index contributed by atoms with van der Waals surface area (Å²) in [6.07, 6.45) is -3.52. The molecule has 0 heterocycles. The summed E-state index contributed by atoms with van der Waals surface area (Å²) < 4.78 is 39.7. The van der Waals surface area contributed by atoms with E-state index in [4.69, 9.17) is 0 Å². The highest BCUT2D eigenvalue weighted by atomic mass is 19.4. The highest BCUT2D eigenvalue weighted by Gasteiger charge is 2.37. The average Bonchev–Trinajstić information content (AvgIpc) is 2.96. The molecule has 0 radical (unpaired) electrons. The van der Waals surface area contributed by atoms with E-state index in [0.29, 0.717) is 11.8 Å². The maximum Gasteiger partial charge on any atom is 0.573 e. The van der Waals surface area contributed by atoms with Gasteiger partial charge in [0.05, 0.1) is 0 Å². The van der Waals surface area contributed by atoms with Crippen molar-refractivity contribution in [3.05, 3.63) is 29.8 Å². The quantitative estimate of drug-likeness (QED) is 0.880. The second-order valence-corrected chi connectivity index (χ2v) is 4.28. The minimum Gasteiger partial charge on any atom is -0.406 e. The molecule has 1 N–H and O–H groups in total. The van der Waals surface area contributed by atoms with E-state index < -0.39 is 6.36 Å². The third kappa shape index (κ3) is 3.36. The smallest absolute Gasteiger partial charge is 0.406 e. The van der Waals surface area contributed by atoms with Crippen LogP contribution in [0.15, 0.2) is 24.3 Å². The van der Waals surface area contributed by atoms with E-state index in [2.05, 4.69) is 10.1 Å². The Morgan fingerprint density at radius 1 is 1.29 bits per heavy atom. The third-order valence-corrected chi connectivity index (χ3v) is 2.93. The SMILES string of the molecule is CNC[C@H]1C[C@@H]1c1ccc(OC(F)(F)F)cc1. The highest BCUT2D eigenvalue weighted by Crippen LogP contribution is 2.47. The van der Waals surface area contributed by atoms with E-state index in [0.717, 1.165) is 18.5 Å². The number of halogens is 3. The maximum absolute atomic E-state index is 11.9. The summed E-state index contributed by atoms with van der Waals surface area (Å²) in [4.78, 5) is 0. The van der Waals surface area contributed by atoms with E-state index in [1.807, 2.05) is 7.05 Å². The van der Waals surface area contributed by atoms with Gasteiger partial charge in [0.1, 0.15) is 5.75 Å². The van der Waals surface area contributed by atoms with Crippen molar-refractivity contribution < 1.29 is 17.9 Å². The zero-order valence-corrected chi connectivity index (χ0v) is 9.42. The van der Waals surface area contributed by atoms with Crippen molar-refractivity contribution in [3.8, 4) is 5.75 Å². The van der Waals surface area contributed by atoms with Crippen LogP contribution in [0.4, 0.5) is 13.2 Å². The number of ether oxygens (including phenoxy) is 1. The first-order chi connectivity index (χ1) is 7.99. The van der Waals surface area contributed by atoms with Crippen LogP contribution >= 0.6 is 0 Å². The molecule has 2 rings (SSSR count). The van der Waals surface area contributed by atoms with Crippen molar-refractivity contribution in [1.29, 1.82) is 0 Å². The normalized spacial score (nSPS) is 23.5. The van der Waals surface area contributed by atoms with Gasteiger partial charge in [-0.1, -0.05) is 12.1 Å². The second kappa shape index (κ2) is 4.56. The van der Waals surface area contributed by atoms with Gasteiger partial charge in [-0.15, -0.1) is 13.2 Å². The molecule has 0 amide bonds. The van der Waals surface area contributed by atoms with Gasteiger partial charge in [-0.05, 0) is 49.5 Å². The molecule has 1 saturated carbocycles. The molecule has 0 bridgehead atoms. The van der Waals surface area contributed by atoms with Gasteiger partial charge in [0.25, 0.3) is 0 Å². The molecule has 1 aromatic rings.